The lowest BCUT2D eigenvalue weighted by atomic mass is 10.2. The summed E-state index contributed by atoms with van der Waals surface area (Å²) in [5.41, 5.74) is 6.42. The standard InChI is InChI=1S/C21H16N4O/c1-3-8-17(9-4-1)14-25-16-24-20-19(22-15-23-21(20)25)12-7-13-26-18-10-5-2-6-11-18/h1-6,8-13,15-16H,14H2. The minimum Gasteiger partial charge on any atom is -0.457 e. The maximum absolute atomic E-state index is 5.49. The van der Waals surface area contributed by atoms with Gasteiger partial charge < -0.3 is 9.30 Å². The van der Waals surface area contributed by atoms with Gasteiger partial charge >= 0.3 is 0 Å². The van der Waals surface area contributed by atoms with E-state index in [0.29, 0.717) is 12.2 Å². The average Bonchev–Trinajstić information content (AvgIpc) is 3.10. The van der Waals surface area contributed by atoms with E-state index >= 15 is 0 Å². The van der Waals surface area contributed by atoms with Crippen LogP contribution in [0.5, 0.6) is 5.75 Å². The summed E-state index contributed by atoms with van der Waals surface area (Å²) >= 11 is 0. The Balaban J connectivity index is 1.57. The Morgan fingerprint density at radius 1 is 0.923 bits per heavy atom. The molecule has 0 aliphatic rings. The minimum atomic E-state index is 0.703. The molecule has 4 aromatic rings. The van der Waals surface area contributed by atoms with Crippen LogP contribution in [0.15, 0.2) is 85.3 Å². The number of ether oxygens (including phenoxy) is 1. The largest absolute Gasteiger partial charge is 0.457 e. The highest BCUT2D eigenvalue weighted by Crippen LogP contribution is 2.15. The molecule has 2 aromatic carbocycles. The zero-order chi connectivity index (χ0) is 17.6. The van der Waals surface area contributed by atoms with Gasteiger partial charge in [0.25, 0.3) is 0 Å². The Bertz CT molecular complexity index is 1070. The first-order valence-corrected chi connectivity index (χ1v) is 8.22. The summed E-state index contributed by atoms with van der Waals surface area (Å²) in [4.78, 5) is 13.1. The topological polar surface area (TPSA) is 52.8 Å². The van der Waals surface area contributed by atoms with Gasteiger partial charge in [0.15, 0.2) is 5.65 Å². The molecule has 0 atom stereocenters. The average molecular weight is 340 g/mol. The number of hydrogen-bond acceptors (Lipinski definition) is 4. The molecule has 0 saturated carbocycles. The van der Waals surface area contributed by atoms with Gasteiger partial charge in [0.05, 0.1) is 12.9 Å². The molecule has 0 bridgehead atoms. The minimum absolute atomic E-state index is 0.703. The zero-order valence-corrected chi connectivity index (χ0v) is 14.0. The van der Waals surface area contributed by atoms with Crippen molar-refractivity contribution in [2.45, 2.75) is 6.54 Å². The number of hydrogen-bond donors (Lipinski definition) is 0. The number of para-hydroxylation sites is 1. The molecule has 0 spiro atoms. The summed E-state index contributed by atoms with van der Waals surface area (Å²) in [6.45, 7) is 0.713. The van der Waals surface area contributed by atoms with Crippen LogP contribution in [0.1, 0.15) is 11.3 Å². The van der Waals surface area contributed by atoms with Crippen LogP contribution in [0.25, 0.3) is 17.2 Å². The van der Waals surface area contributed by atoms with E-state index in [-0.39, 0.29) is 0 Å². The van der Waals surface area contributed by atoms with E-state index in [9.17, 15) is 0 Å². The second-order valence-corrected chi connectivity index (χ2v) is 5.65. The highest BCUT2D eigenvalue weighted by Gasteiger charge is 2.08. The molecule has 2 heterocycles. The smallest absolute Gasteiger partial charge is 0.164 e. The molecule has 5 heteroatoms. The highest BCUT2D eigenvalue weighted by atomic mass is 16.5. The van der Waals surface area contributed by atoms with Gasteiger partial charge in [-0.05, 0) is 17.7 Å². The number of rotatable bonds is 5. The van der Waals surface area contributed by atoms with Crippen molar-refractivity contribution in [3.8, 4) is 5.75 Å². The Labute approximate surface area is 150 Å². The summed E-state index contributed by atoms with van der Waals surface area (Å²) in [6.07, 6.45) is 6.57. The Kier molecular flexibility index (Phi) is 4.54. The lowest BCUT2D eigenvalue weighted by molar-refractivity contribution is 0.482. The summed E-state index contributed by atoms with van der Waals surface area (Å²) < 4.78 is 7.50. The van der Waals surface area contributed by atoms with Gasteiger partial charge in [-0.2, -0.15) is 0 Å². The third-order valence-corrected chi connectivity index (χ3v) is 3.85. The fourth-order valence-electron chi connectivity index (χ4n) is 2.61. The molecule has 0 fully saturated rings. The van der Waals surface area contributed by atoms with Crippen LogP contribution < -0.4 is 4.74 Å². The summed E-state index contributed by atoms with van der Waals surface area (Å²) in [5, 5.41) is 0. The highest BCUT2D eigenvalue weighted by molar-refractivity contribution is 5.79. The van der Waals surface area contributed by atoms with E-state index in [1.165, 1.54) is 18.2 Å². The van der Waals surface area contributed by atoms with Crippen LogP contribution in [0, 0.1) is 0 Å². The van der Waals surface area contributed by atoms with Gasteiger partial charge in [0, 0.05) is 6.08 Å². The first kappa shape index (κ1) is 15.8. The Morgan fingerprint density at radius 2 is 1.69 bits per heavy atom. The van der Waals surface area contributed by atoms with Crippen LogP contribution in [-0.2, 0) is 6.54 Å². The molecule has 0 saturated heterocycles. The third kappa shape index (κ3) is 3.53. The summed E-state index contributed by atoms with van der Waals surface area (Å²) in [5.74, 6) is 0.758. The lowest BCUT2D eigenvalue weighted by Crippen LogP contribution is -1.99. The molecule has 5 nitrogen and oxygen atoms in total. The predicted molar refractivity (Wildman–Crippen MR) is 100 cm³/mol. The quantitative estimate of drug-likeness (QED) is 0.406. The number of nitrogens with zero attached hydrogens (tertiary/aromatic N) is 4. The van der Waals surface area contributed by atoms with Crippen molar-refractivity contribution >= 4 is 17.2 Å². The Hall–Kier alpha value is -3.69. The first-order valence-electron chi connectivity index (χ1n) is 8.22. The second-order valence-electron chi connectivity index (χ2n) is 5.65. The van der Waals surface area contributed by atoms with Crippen LogP contribution in [0.3, 0.4) is 0 Å². The third-order valence-electron chi connectivity index (χ3n) is 3.85. The van der Waals surface area contributed by atoms with Gasteiger partial charge in [-0.15, -0.1) is 0 Å². The van der Waals surface area contributed by atoms with Crippen molar-refractivity contribution in [2.24, 2.45) is 0 Å². The molecular weight excluding hydrogens is 324 g/mol. The molecule has 0 N–H and O–H groups in total. The monoisotopic (exact) mass is 340 g/mol. The van der Waals surface area contributed by atoms with E-state index in [0.717, 1.165) is 16.9 Å². The molecule has 2 aromatic heterocycles. The molecule has 26 heavy (non-hydrogen) atoms. The summed E-state index contributed by atoms with van der Waals surface area (Å²) in [6, 6.07) is 19.7. The fraction of sp³-hybridized carbons (Fsp3) is 0.0476. The van der Waals surface area contributed by atoms with E-state index in [4.69, 9.17) is 4.74 Å². The number of imidazole rings is 1. The number of aromatic nitrogens is 4. The van der Waals surface area contributed by atoms with Crippen LogP contribution in [-0.4, -0.2) is 19.5 Å². The van der Waals surface area contributed by atoms with Gasteiger partial charge in [-0.3, -0.25) is 0 Å². The van der Waals surface area contributed by atoms with Crippen molar-refractivity contribution in [1.29, 1.82) is 0 Å². The molecule has 0 amide bonds. The van der Waals surface area contributed by atoms with Gasteiger partial charge in [0.2, 0.25) is 0 Å². The van der Waals surface area contributed by atoms with Gasteiger partial charge in [0.1, 0.15) is 29.5 Å². The van der Waals surface area contributed by atoms with Crippen LogP contribution >= 0.6 is 0 Å². The number of benzene rings is 2. The lowest BCUT2D eigenvalue weighted by Gasteiger charge is -2.03. The molecule has 4 rings (SSSR count). The van der Waals surface area contributed by atoms with Crippen molar-refractivity contribution in [3.05, 3.63) is 96.6 Å². The number of fused-ring (bicyclic) bond motifs is 1. The van der Waals surface area contributed by atoms with Crippen molar-refractivity contribution in [1.82, 2.24) is 19.5 Å². The van der Waals surface area contributed by atoms with E-state index in [2.05, 4.69) is 32.8 Å². The molecule has 0 radical (unpaired) electrons. The van der Waals surface area contributed by atoms with Crippen molar-refractivity contribution < 1.29 is 4.74 Å². The SMILES string of the molecule is C(=COc1ccccc1)=Cc1ncnc2c1ncn2Cc1ccccc1. The van der Waals surface area contributed by atoms with E-state index in [1.54, 1.807) is 12.4 Å². The van der Waals surface area contributed by atoms with E-state index < -0.39 is 0 Å². The van der Waals surface area contributed by atoms with Crippen LogP contribution in [0.4, 0.5) is 0 Å². The van der Waals surface area contributed by atoms with E-state index in [1.807, 2.05) is 53.1 Å². The van der Waals surface area contributed by atoms with Gasteiger partial charge in [-0.1, -0.05) is 54.3 Å². The molecule has 0 unspecified atom stereocenters. The van der Waals surface area contributed by atoms with Crippen molar-refractivity contribution in [2.75, 3.05) is 0 Å². The summed E-state index contributed by atoms with van der Waals surface area (Å²) in [7, 11) is 0. The maximum atomic E-state index is 5.49. The molecular formula is C21H16N4O. The zero-order valence-electron chi connectivity index (χ0n) is 14.0. The van der Waals surface area contributed by atoms with Crippen LogP contribution in [0.2, 0.25) is 0 Å². The van der Waals surface area contributed by atoms with Gasteiger partial charge in [-0.25, -0.2) is 15.0 Å². The fourth-order valence-corrected chi connectivity index (χ4v) is 2.61. The second kappa shape index (κ2) is 7.47. The molecule has 0 aliphatic carbocycles. The Morgan fingerprint density at radius 3 is 2.50 bits per heavy atom. The van der Waals surface area contributed by atoms with Crippen molar-refractivity contribution in [3.63, 3.8) is 0 Å². The first-order chi connectivity index (χ1) is 12.9. The maximum Gasteiger partial charge on any atom is 0.164 e. The molecule has 126 valence electrons. The molecule has 0 aliphatic heterocycles. The predicted octanol–water partition coefficient (Wildman–Crippen LogP) is 4.08. The normalized spacial score (nSPS) is 10.3.